The first-order chi connectivity index (χ1) is 20.8. The van der Waals surface area contributed by atoms with Gasteiger partial charge in [0.05, 0.1) is 0 Å². The molecule has 0 spiro atoms. The Balaban J connectivity index is 1.50. The summed E-state index contributed by atoms with van der Waals surface area (Å²) in [5.41, 5.74) is -0.370. The van der Waals surface area contributed by atoms with Crippen LogP contribution in [0.1, 0.15) is 74.6 Å². The van der Waals surface area contributed by atoms with Crippen LogP contribution in [-0.2, 0) is 13.1 Å². The molecule has 10 heteroatoms. The number of halogens is 6. The summed E-state index contributed by atoms with van der Waals surface area (Å²) in [4.78, 5) is 0. The molecule has 0 saturated heterocycles. The maximum atomic E-state index is 13.7. The van der Waals surface area contributed by atoms with Crippen molar-refractivity contribution in [3.63, 3.8) is 0 Å². The zero-order chi connectivity index (χ0) is 32.1. The fraction of sp³-hybridized carbons (Fsp3) is 0.412. The van der Waals surface area contributed by atoms with Gasteiger partial charge in [0.1, 0.15) is 11.5 Å². The summed E-state index contributed by atoms with van der Waals surface area (Å²) in [6.07, 6.45) is 0.604. The third-order valence-electron chi connectivity index (χ3n) is 8.37. The van der Waals surface area contributed by atoms with E-state index in [9.17, 15) is 36.6 Å². The van der Waals surface area contributed by atoms with E-state index in [0.717, 1.165) is 32.6 Å². The van der Waals surface area contributed by atoms with Crippen molar-refractivity contribution in [2.45, 2.75) is 89.9 Å². The zero-order valence-electron chi connectivity index (χ0n) is 24.7. The Bertz CT molecular complexity index is 1390. The third kappa shape index (κ3) is 7.77. The normalized spacial score (nSPS) is 20.4. The number of allylic oxidation sites excluding steroid dienone is 8. The van der Waals surface area contributed by atoms with Crippen molar-refractivity contribution in [1.29, 1.82) is 0 Å². The highest BCUT2D eigenvalue weighted by molar-refractivity contribution is 5.82. The lowest BCUT2D eigenvalue weighted by atomic mass is 9.89. The molecule has 2 aromatic rings. The molecule has 0 aliphatic heterocycles. The lowest BCUT2D eigenvalue weighted by Crippen LogP contribution is -2.49. The molecule has 2 atom stereocenters. The predicted octanol–water partition coefficient (Wildman–Crippen LogP) is 8.87. The molecule has 0 amide bonds. The fourth-order valence-electron chi connectivity index (χ4n) is 5.95. The molecule has 0 aromatic heterocycles. The molecule has 0 radical (unpaired) electrons. The van der Waals surface area contributed by atoms with Gasteiger partial charge in [-0.3, -0.25) is 0 Å². The average Bonchev–Trinajstić information content (AvgIpc) is 2.98. The number of phenolic OH excluding ortho intramolecular Hbond substituents is 2. The Morgan fingerprint density at radius 3 is 2.05 bits per heavy atom. The molecule has 4 rings (SSSR count). The smallest absolute Gasteiger partial charge is 0.413 e. The predicted molar refractivity (Wildman–Crippen MR) is 161 cm³/mol. The van der Waals surface area contributed by atoms with Gasteiger partial charge in [0.2, 0.25) is 0 Å². The van der Waals surface area contributed by atoms with Crippen molar-refractivity contribution in [2.24, 2.45) is 0 Å². The summed E-state index contributed by atoms with van der Waals surface area (Å²) in [5, 5.41) is 28.9. The molecule has 4 N–H and O–H groups in total. The van der Waals surface area contributed by atoms with Gasteiger partial charge in [-0.2, -0.15) is 26.3 Å². The van der Waals surface area contributed by atoms with Gasteiger partial charge < -0.3 is 20.8 Å². The number of benzene rings is 2. The maximum Gasteiger partial charge on any atom is 0.413 e. The molecule has 0 heterocycles. The van der Waals surface area contributed by atoms with Crippen molar-refractivity contribution in [3.8, 4) is 11.5 Å². The molecule has 44 heavy (non-hydrogen) atoms. The van der Waals surface area contributed by atoms with E-state index >= 15 is 0 Å². The molecule has 2 aliphatic carbocycles. The standard InChI is InChI=1S/C34H38F6N2O2/c1-3-10-24(21(2)33(35,36)37)26-14-8-11-22(31(26)43)19-41-29-17-6-7-18-30(29)42-20-23-12-9-15-27(32(23)44)25-13-4-5-16-28(25)34(38,39)40/h3-4,8-15,29-30,41-44H,5-7,16-20H2,1-2H3/b10-3-,24-21-/t29-,30?/m1/s1. The van der Waals surface area contributed by atoms with Crippen molar-refractivity contribution in [3.05, 3.63) is 94.1 Å². The monoisotopic (exact) mass is 620 g/mol. The van der Waals surface area contributed by atoms with E-state index in [4.69, 9.17) is 0 Å². The van der Waals surface area contributed by atoms with Crippen LogP contribution in [0.4, 0.5) is 26.3 Å². The number of alkyl halides is 6. The first-order valence-corrected chi connectivity index (χ1v) is 14.8. The number of para-hydroxylation sites is 2. The zero-order valence-corrected chi connectivity index (χ0v) is 24.7. The van der Waals surface area contributed by atoms with Crippen LogP contribution in [0.25, 0.3) is 11.1 Å². The highest BCUT2D eigenvalue weighted by Crippen LogP contribution is 2.42. The van der Waals surface area contributed by atoms with Crippen LogP contribution in [0.3, 0.4) is 0 Å². The first kappa shape index (κ1) is 33.4. The number of hydrogen-bond donors (Lipinski definition) is 4. The van der Waals surface area contributed by atoms with Crippen molar-refractivity contribution in [1.82, 2.24) is 10.6 Å². The Labute approximate surface area is 253 Å². The molecular formula is C34H38F6N2O2. The van der Waals surface area contributed by atoms with E-state index in [1.54, 1.807) is 37.3 Å². The van der Waals surface area contributed by atoms with Gasteiger partial charge in [0, 0.05) is 58.6 Å². The van der Waals surface area contributed by atoms with E-state index in [2.05, 4.69) is 10.6 Å². The van der Waals surface area contributed by atoms with Gasteiger partial charge in [-0.1, -0.05) is 73.5 Å². The number of rotatable bonds is 9. The van der Waals surface area contributed by atoms with Crippen LogP contribution in [0, 0.1) is 0 Å². The van der Waals surface area contributed by atoms with E-state index < -0.39 is 23.5 Å². The second-order valence-corrected chi connectivity index (χ2v) is 11.3. The summed E-state index contributed by atoms with van der Waals surface area (Å²) in [6.45, 7) is 3.06. The Kier molecular flexibility index (Phi) is 10.7. The third-order valence-corrected chi connectivity index (χ3v) is 8.37. The lowest BCUT2D eigenvalue weighted by molar-refractivity contribution is -0.0936. The van der Waals surface area contributed by atoms with Crippen LogP contribution >= 0.6 is 0 Å². The Hall–Kier alpha value is -3.50. The molecule has 238 valence electrons. The molecule has 2 aromatic carbocycles. The van der Waals surface area contributed by atoms with Crippen LogP contribution in [0.15, 0.2) is 71.8 Å². The van der Waals surface area contributed by atoms with Gasteiger partial charge in [0.15, 0.2) is 0 Å². The first-order valence-electron chi connectivity index (χ1n) is 14.8. The van der Waals surface area contributed by atoms with Gasteiger partial charge >= 0.3 is 12.4 Å². The molecule has 1 fully saturated rings. The lowest BCUT2D eigenvalue weighted by Gasteiger charge is -2.33. The van der Waals surface area contributed by atoms with Gasteiger partial charge in [-0.15, -0.1) is 0 Å². The van der Waals surface area contributed by atoms with E-state index in [0.29, 0.717) is 17.5 Å². The van der Waals surface area contributed by atoms with Crippen LogP contribution < -0.4 is 10.6 Å². The van der Waals surface area contributed by atoms with Crippen molar-refractivity contribution < 1.29 is 36.6 Å². The average molecular weight is 621 g/mol. The second kappa shape index (κ2) is 14.1. The van der Waals surface area contributed by atoms with E-state index in [1.165, 1.54) is 30.4 Å². The van der Waals surface area contributed by atoms with Crippen molar-refractivity contribution >= 4 is 11.1 Å². The van der Waals surface area contributed by atoms with Crippen LogP contribution in [0.2, 0.25) is 0 Å². The molecular weight excluding hydrogens is 582 g/mol. The molecule has 1 unspecified atom stereocenters. The van der Waals surface area contributed by atoms with E-state index in [-0.39, 0.29) is 65.4 Å². The SMILES string of the molecule is C/C=C\C(=C(/C)C(F)(F)F)c1cccc(CN[C@@H]2CCCCC2NCc2cccc(C3=C(C(F)(F)F)CCC=C3)c2O)c1O. The Morgan fingerprint density at radius 2 is 1.48 bits per heavy atom. The largest absolute Gasteiger partial charge is 0.507 e. The van der Waals surface area contributed by atoms with E-state index in [1.807, 2.05) is 0 Å². The second-order valence-electron chi connectivity index (χ2n) is 11.3. The minimum absolute atomic E-state index is 0.0137. The van der Waals surface area contributed by atoms with Crippen molar-refractivity contribution in [2.75, 3.05) is 0 Å². The molecule has 0 bridgehead atoms. The topological polar surface area (TPSA) is 64.5 Å². The number of nitrogens with one attached hydrogen (secondary N) is 2. The fourth-order valence-corrected chi connectivity index (χ4v) is 5.95. The minimum atomic E-state index is -4.55. The summed E-state index contributed by atoms with van der Waals surface area (Å²) in [7, 11) is 0. The molecule has 4 nitrogen and oxygen atoms in total. The summed E-state index contributed by atoms with van der Waals surface area (Å²) >= 11 is 0. The number of hydrogen-bond acceptors (Lipinski definition) is 4. The maximum absolute atomic E-state index is 13.7. The van der Waals surface area contributed by atoms with Gasteiger partial charge in [-0.25, -0.2) is 0 Å². The highest BCUT2D eigenvalue weighted by Gasteiger charge is 2.37. The summed E-state index contributed by atoms with van der Waals surface area (Å²) in [6, 6.07) is 9.48. The quantitative estimate of drug-likeness (QED) is 0.167. The van der Waals surface area contributed by atoms with Gasteiger partial charge in [0.25, 0.3) is 0 Å². The molecule has 1 saturated carbocycles. The minimum Gasteiger partial charge on any atom is -0.507 e. The summed E-state index contributed by atoms with van der Waals surface area (Å²) < 4.78 is 81.6. The van der Waals surface area contributed by atoms with Crippen LogP contribution in [-0.4, -0.2) is 34.6 Å². The number of aromatic hydroxyl groups is 2. The molecule has 2 aliphatic rings. The van der Waals surface area contributed by atoms with Crippen LogP contribution in [0.5, 0.6) is 11.5 Å². The highest BCUT2D eigenvalue weighted by atomic mass is 19.4. The summed E-state index contributed by atoms with van der Waals surface area (Å²) in [5.74, 6) is -0.410. The Morgan fingerprint density at radius 1 is 0.886 bits per heavy atom. The van der Waals surface area contributed by atoms with Gasteiger partial charge in [-0.05, 0) is 50.7 Å². The number of phenols is 2.